The van der Waals surface area contributed by atoms with Gasteiger partial charge in [0.25, 0.3) is 11.8 Å². The first-order valence-electron chi connectivity index (χ1n) is 10.5. The summed E-state index contributed by atoms with van der Waals surface area (Å²) in [6.07, 6.45) is 1.34. The van der Waals surface area contributed by atoms with Gasteiger partial charge in [-0.3, -0.25) is 9.59 Å². The third kappa shape index (κ3) is 7.94. The highest BCUT2D eigenvalue weighted by Crippen LogP contribution is 2.23. The van der Waals surface area contributed by atoms with Crippen LogP contribution in [-0.2, 0) is 4.79 Å². The Labute approximate surface area is 215 Å². The van der Waals surface area contributed by atoms with Crippen molar-refractivity contribution in [1.82, 2.24) is 10.7 Å². The monoisotopic (exact) mass is 557 g/mol. The largest absolute Gasteiger partial charge is 0.494 e. The lowest BCUT2D eigenvalue weighted by Crippen LogP contribution is -2.34. The molecule has 0 fully saturated rings. The molecule has 0 atom stereocenters. The van der Waals surface area contributed by atoms with E-state index in [4.69, 9.17) is 21.1 Å². The average molecular weight is 559 g/mol. The molecule has 35 heavy (non-hydrogen) atoms. The quantitative estimate of drug-likeness (QED) is 0.173. The van der Waals surface area contributed by atoms with Crippen molar-refractivity contribution < 1.29 is 23.9 Å². The molecule has 0 aliphatic carbocycles. The summed E-state index contributed by atoms with van der Waals surface area (Å²) in [4.78, 5) is 36.7. The van der Waals surface area contributed by atoms with Crippen molar-refractivity contribution in [2.75, 3.05) is 13.2 Å². The summed E-state index contributed by atoms with van der Waals surface area (Å²) in [5.74, 6) is -0.640. The average Bonchev–Trinajstić information content (AvgIpc) is 2.84. The van der Waals surface area contributed by atoms with Gasteiger partial charge in [0, 0.05) is 20.6 Å². The molecule has 180 valence electrons. The van der Waals surface area contributed by atoms with Gasteiger partial charge in [0.1, 0.15) is 11.5 Å². The standard InChI is InChI=1S/C25H21BrClN3O5/c1-2-34-21-9-6-16(7-10-21)25(33)35-22-11-8-19(26)12-18(22)14-29-30-23(31)15-28-24(32)17-4-3-5-20(27)13-17/h3-14H,2,15H2,1H3,(H,28,32)(H,30,31). The molecule has 2 amide bonds. The summed E-state index contributed by atoms with van der Waals surface area (Å²) in [5, 5.41) is 6.79. The number of hydrogen-bond donors (Lipinski definition) is 2. The number of carbonyl (C=O) groups is 3. The van der Waals surface area contributed by atoms with Crippen molar-refractivity contribution in [3.63, 3.8) is 0 Å². The van der Waals surface area contributed by atoms with Crippen molar-refractivity contribution >= 4 is 51.5 Å². The smallest absolute Gasteiger partial charge is 0.343 e. The number of amides is 2. The van der Waals surface area contributed by atoms with Crippen molar-refractivity contribution in [1.29, 1.82) is 0 Å². The molecule has 10 heteroatoms. The van der Waals surface area contributed by atoms with Gasteiger partial charge >= 0.3 is 5.97 Å². The zero-order chi connectivity index (χ0) is 25.2. The topological polar surface area (TPSA) is 106 Å². The first-order valence-corrected chi connectivity index (χ1v) is 11.6. The van der Waals surface area contributed by atoms with Crippen molar-refractivity contribution in [3.05, 3.63) is 92.9 Å². The Morgan fingerprint density at radius 2 is 1.80 bits per heavy atom. The van der Waals surface area contributed by atoms with E-state index in [0.717, 1.165) is 4.47 Å². The minimum absolute atomic E-state index is 0.249. The van der Waals surface area contributed by atoms with Gasteiger partial charge in [-0.15, -0.1) is 0 Å². The molecule has 0 aliphatic heterocycles. The molecule has 0 saturated heterocycles. The van der Waals surface area contributed by atoms with Gasteiger partial charge in [0.15, 0.2) is 0 Å². The maximum Gasteiger partial charge on any atom is 0.343 e. The van der Waals surface area contributed by atoms with Crippen LogP contribution in [0.2, 0.25) is 5.02 Å². The van der Waals surface area contributed by atoms with E-state index >= 15 is 0 Å². The SMILES string of the molecule is CCOc1ccc(C(=O)Oc2ccc(Br)cc2C=NNC(=O)CNC(=O)c2cccc(Cl)c2)cc1. The number of ether oxygens (including phenoxy) is 2. The van der Waals surface area contributed by atoms with Crippen molar-refractivity contribution in [2.45, 2.75) is 6.92 Å². The number of nitrogens with one attached hydrogen (secondary N) is 2. The highest BCUT2D eigenvalue weighted by Gasteiger charge is 2.12. The lowest BCUT2D eigenvalue weighted by Gasteiger charge is -2.09. The third-order valence-corrected chi connectivity index (χ3v) is 5.19. The van der Waals surface area contributed by atoms with E-state index in [9.17, 15) is 14.4 Å². The zero-order valence-electron chi connectivity index (χ0n) is 18.6. The van der Waals surface area contributed by atoms with E-state index in [2.05, 4.69) is 31.8 Å². The van der Waals surface area contributed by atoms with Gasteiger partial charge < -0.3 is 14.8 Å². The maximum atomic E-state index is 12.6. The highest BCUT2D eigenvalue weighted by molar-refractivity contribution is 9.10. The summed E-state index contributed by atoms with van der Waals surface area (Å²) >= 11 is 9.23. The molecule has 0 bridgehead atoms. The molecule has 8 nitrogen and oxygen atoms in total. The molecule has 0 aromatic heterocycles. The second-order valence-electron chi connectivity index (χ2n) is 7.02. The van der Waals surface area contributed by atoms with E-state index in [1.165, 1.54) is 12.3 Å². The van der Waals surface area contributed by atoms with Gasteiger partial charge in [-0.2, -0.15) is 5.10 Å². The van der Waals surface area contributed by atoms with Crippen molar-refractivity contribution in [3.8, 4) is 11.5 Å². The molecule has 0 spiro atoms. The first kappa shape index (κ1) is 25.9. The minimum Gasteiger partial charge on any atom is -0.494 e. The van der Waals surface area contributed by atoms with Gasteiger partial charge in [-0.25, -0.2) is 10.2 Å². The lowest BCUT2D eigenvalue weighted by molar-refractivity contribution is -0.120. The number of rotatable bonds is 9. The van der Waals surface area contributed by atoms with Crippen LogP contribution in [0.25, 0.3) is 0 Å². The predicted octanol–water partition coefficient (Wildman–Crippen LogP) is 4.60. The van der Waals surface area contributed by atoms with E-state index in [1.807, 2.05) is 6.92 Å². The fourth-order valence-corrected chi connectivity index (χ4v) is 3.40. The summed E-state index contributed by atoms with van der Waals surface area (Å²) < 4.78 is 11.6. The number of hydrazone groups is 1. The number of benzene rings is 3. The van der Waals surface area contributed by atoms with E-state index in [-0.39, 0.29) is 12.3 Å². The van der Waals surface area contributed by atoms with E-state index in [1.54, 1.807) is 60.7 Å². The van der Waals surface area contributed by atoms with Crippen LogP contribution in [-0.4, -0.2) is 37.1 Å². The Morgan fingerprint density at radius 3 is 2.51 bits per heavy atom. The molecule has 3 rings (SSSR count). The Bertz CT molecular complexity index is 1250. The summed E-state index contributed by atoms with van der Waals surface area (Å²) in [6, 6.07) is 17.9. The molecule has 3 aromatic carbocycles. The van der Waals surface area contributed by atoms with Gasteiger partial charge in [0.2, 0.25) is 0 Å². The highest BCUT2D eigenvalue weighted by atomic mass is 79.9. The van der Waals surface area contributed by atoms with Crippen LogP contribution in [0.5, 0.6) is 11.5 Å². The molecule has 0 aliphatic rings. The number of halogens is 2. The summed E-state index contributed by atoms with van der Waals surface area (Å²) in [7, 11) is 0. The van der Waals surface area contributed by atoms with Crippen LogP contribution in [0.1, 0.15) is 33.2 Å². The Hall–Kier alpha value is -3.69. The molecular weight excluding hydrogens is 538 g/mol. The predicted molar refractivity (Wildman–Crippen MR) is 136 cm³/mol. The molecule has 0 radical (unpaired) electrons. The second kappa shape index (κ2) is 12.7. The van der Waals surface area contributed by atoms with Gasteiger partial charge in [0.05, 0.1) is 24.9 Å². The fraction of sp³-hybridized carbons (Fsp3) is 0.120. The zero-order valence-corrected chi connectivity index (χ0v) is 20.9. The van der Waals surface area contributed by atoms with Crippen LogP contribution in [0, 0.1) is 0 Å². The van der Waals surface area contributed by atoms with Gasteiger partial charge in [-0.1, -0.05) is 33.6 Å². The molecule has 3 aromatic rings. The van der Waals surface area contributed by atoms with E-state index in [0.29, 0.717) is 34.1 Å². The second-order valence-corrected chi connectivity index (χ2v) is 8.37. The molecule has 0 unspecified atom stereocenters. The molecule has 0 heterocycles. The molecular formula is C25H21BrClN3O5. The summed E-state index contributed by atoms with van der Waals surface area (Å²) in [6.45, 7) is 2.11. The van der Waals surface area contributed by atoms with Crippen LogP contribution in [0.15, 0.2) is 76.3 Å². The number of carbonyl (C=O) groups excluding carboxylic acids is 3. The Kier molecular flexibility index (Phi) is 9.39. The van der Waals surface area contributed by atoms with Crippen LogP contribution in [0.4, 0.5) is 0 Å². The Morgan fingerprint density at radius 1 is 1.03 bits per heavy atom. The number of esters is 1. The number of nitrogens with zero attached hydrogens (tertiary/aromatic N) is 1. The van der Waals surface area contributed by atoms with Gasteiger partial charge in [-0.05, 0) is 67.6 Å². The normalized spacial score (nSPS) is 10.6. The summed E-state index contributed by atoms with van der Waals surface area (Å²) in [5.41, 5.74) is 3.45. The van der Waals surface area contributed by atoms with Crippen LogP contribution in [0.3, 0.4) is 0 Å². The lowest BCUT2D eigenvalue weighted by atomic mass is 10.2. The van der Waals surface area contributed by atoms with E-state index < -0.39 is 17.8 Å². The van der Waals surface area contributed by atoms with Crippen LogP contribution >= 0.6 is 27.5 Å². The fourth-order valence-electron chi connectivity index (χ4n) is 2.83. The molecule has 0 saturated carbocycles. The third-order valence-electron chi connectivity index (χ3n) is 4.46. The first-order chi connectivity index (χ1) is 16.9. The van der Waals surface area contributed by atoms with Crippen molar-refractivity contribution in [2.24, 2.45) is 5.10 Å². The minimum atomic E-state index is -0.558. The maximum absolute atomic E-state index is 12.6. The molecule has 2 N–H and O–H groups in total. The number of hydrogen-bond acceptors (Lipinski definition) is 6. The van der Waals surface area contributed by atoms with Crippen LogP contribution < -0.4 is 20.2 Å². The Balaban J connectivity index is 1.59.